The van der Waals surface area contributed by atoms with Crippen molar-refractivity contribution in [3.05, 3.63) is 95.6 Å². The van der Waals surface area contributed by atoms with Crippen LogP contribution in [-0.2, 0) is 0 Å². The first-order chi connectivity index (χ1) is 14.2. The smallest absolute Gasteiger partial charge is 0.233 e. The zero-order chi connectivity index (χ0) is 20.1. The van der Waals surface area contributed by atoms with Gasteiger partial charge in [-0.15, -0.1) is 11.3 Å². The SMILES string of the molecule is O=C(/C(=N\Nc1nc(-c2ccc(F)cc2)cs1)c1ccccn1)c1ccccn1. The second-order valence-electron chi connectivity index (χ2n) is 5.88. The van der Waals surface area contributed by atoms with Gasteiger partial charge in [0.1, 0.15) is 11.5 Å². The van der Waals surface area contributed by atoms with Gasteiger partial charge in [0, 0.05) is 23.3 Å². The highest BCUT2D eigenvalue weighted by molar-refractivity contribution is 7.14. The molecule has 0 amide bonds. The maximum Gasteiger partial charge on any atom is 0.233 e. The van der Waals surface area contributed by atoms with E-state index in [9.17, 15) is 9.18 Å². The molecular weight excluding hydrogens is 389 g/mol. The number of ketones is 1. The van der Waals surface area contributed by atoms with Gasteiger partial charge in [-0.25, -0.2) is 9.37 Å². The molecule has 0 unspecified atom stereocenters. The number of hydrazone groups is 1. The number of rotatable bonds is 6. The first-order valence-electron chi connectivity index (χ1n) is 8.63. The van der Waals surface area contributed by atoms with Gasteiger partial charge in [-0.05, 0) is 48.5 Å². The molecule has 8 heteroatoms. The number of nitrogens with one attached hydrogen (secondary N) is 1. The number of anilines is 1. The van der Waals surface area contributed by atoms with Gasteiger partial charge in [0.2, 0.25) is 10.9 Å². The first kappa shape index (κ1) is 18.6. The summed E-state index contributed by atoms with van der Waals surface area (Å²) in [7, 11) is 0. The molecule has 0 bridgehead atoms. The van der Waals surface area contributed by atoms with Crippen molar-refractivity contribution in [2.24, 2.45) is 5.10 Å². The Morgan fingerprint density at radius 3 is 2.28 bits per heavy atom. The predicted molar refractivity (Wildman–Crippen MR) is 110 cm³/mol. The van der Waals surface area contributed by atoms with E-state index >= 15 is 0 Å². The second kappa shape index (κ2) is 8.49. The van der Waals surface area contributed by atoms with Gasteiger partial charge in [-0.2, -0.15) is 5.10 Å². The van der Waals surface area contributed by atoms with Crippen molar-refractivity contribution in [3.63, 3.8) is 0 Å². The highest BCUT2D eigenvalue weighted by atomic mass is 32.1. The van der Waals surface area contributed by atoms with Crippen LogP contribution < -0.4 is 5.43 Å². The molecule has 4 aromatic rings. The average Bonchev–Trinajstić information content (AvgIpc) is 3.24. The Morgan fingerprint density at radius 2 is 1.62 bits per heavy atom. The predicted octanol–water partition coefficient (Wildman–Crippen LogP) is 4.44. The lowest BCUT2D eigenvalue weighted by molar-refractivity contribution is 0.106. The minimum Gasteiger partial charge on any atom is -0.285 e. The molecule has 0 radical (unpaired) electrons. The molecule has 1 aromatic carbocycles. The van der Waals surface area contributed by atoms with Crippen LogP contribution in [0.3, 0.4) is 0 Å². The van der Waals surface area contributed by atoms with Gasteiger partial charge < -0.3 is 0 Å². The summed E-state index contributed by atoms with van der Waals surface area (Å²) in [6.07, 6.45) is 3.14. The third-order valence-electron chi connectivity index (χ3n) is 3.93. The van der Waals surface area contributed by atoms with Crippen LogP contribution in [0.2, 0.25) is 0 Å². The summed E-state index contributed by atoms with van der Waals surface area (Å²) in [5, 5.41) is 6.58. The van der Waals surface area contributed by atoms with Crippen molar-refractivity contribution in [1.82, 2.24) is 15.0 Å². The Balaban J connectivity index is 1.62. The lowest BCUT2D eigenvalue weighted by Gasteiger charge is -2.05. The number of halogens is 1. The largest absolute Gasteiger partial charge is 0.285 e. The van der Waals surface area contributed by atoms with Crippen LogP contribution in [0, 0.1) is 5.82 Å². The maximum absolute atomic E-state index is 13.1. The standard InChI is InChI=1S/C21H14FN5OS/c22-15-9-7-14(8-10-15)18-13-29-21(25-18)27-26-19(16-5-1-3-11-23-16)20(28)17-6-2-4-12-24-17/h1-13H,(H,25,27)/b26-19-. The van der Waals surface area contributed by atoms with Gasteiger partial charge in [0.15, 0.2) is 5.71 Å². The monoisotopic (exact) mass is 403 g/mol. The Kier molecular flexibility index (Phi) is 5.44. The molecule has 0 fully saturated rings. The van der Waals surface area contributed by atoms with Gasteiger partial charge >= 0.3 is 0 Å². The molecule has 0 aliphatic heterocycles. The molecule has 0 saturated heterocycles. The molecule has 1 N–H and O–H groups in total. The normalized spacial score (nSPS) is 11.3. The summed E-state index contributed by atoms with van der Waals surface area (Å²) < 4.78 is 13.1. The van der Waals surface area contributed by atoms with Gasteiger partial charge in [0.05, 0.1) is 11.4 Å². The van der Waals surface area contributed by atoms with Crippen LogP contribution in [0.1, 0.15) is 16.2 Å². The molecule has 4 rings (SSSR count). The van der Waals surface area contributed by atoms with Crippen molar-refractivity contribution >= 4 is 28.0 Å². The maximum atomic E-state index is 13.1. The average molecular weight is 403 g/mol. The molecule has 3 aromatic heterocycles. The van der Waals surface area contributed by atoms with E-state index in [1.54, 1.807) is 60.9 Å². The van der Waals surface area contributed by atoms with Crippen molar-refractivity contribution < 1.29 is 9.18 Å². The molecule has 0 saturated carbocycles. The summed E-state index contributed by atoms with van der Waals surface area (Å²) in [4.78, 5) is 25.7. The first-order valence-corrected chi connectivity index (χ1v) is 9.51. The Bertz CT molecular complexity index is 1140. The third-order valence-corrected chi connectivity index (χ3v) is 4.67. The minimum atomic E-state index is -0.355. The molecule has 6 nitrogen and oxygen atoms in total. The van der Waals surface area contributed by atoms with Crippen LogP contribution in [0.15, 0.2) is 83.5 Å². The Morgan fingerprint density at radius 1 is 0.931 bits per heavy atom. The Hall–Kier alpha value is -3.78. The molecule has 0 aliphatic carbocycles. The molecule has 29 heavy (non-hydrogen) atoms. The number of thiazole rings is 1. The summed E-state index contributed by atoms with van der Waals surface area (Å²) in [6.45, 7) is 0. The van der Waals surface area contributed by atoms with E-state index < -0.39 is 0 Å². The lowest BCUT2D eigenvalue weighted by Crippen LogP contribution is -2.19. The fraction of sp³-hybridized carbons (Fsp3) is 0. The zero-order valence-electron chi connectivity index (χ0n) is 15.0. The summed E-state index contributed by atoms with van der Waals surface area (Å²) in [5.41, 5.74) is 5.12. The van der Waals surface area contributed by atoms with Crippen molar-refractivity contribution in [1.29, 1.82) is 0 Å². The molecule has 0 atom stereocenters. The number of pyridine rings is 2. The number of carbonyl (C=O) groups excluding carboxylic acids is 1. The number of nitrogens with zero attached hydrogens (tertiary/aromatic N) is 4. The number of Topliss-reactive ketones (excluding diaryl/α,β-unsaturated/α-hetero) is 1. The van der Waals surface area contributed by atoms with Gasteiger partial charge in [-0.1, -0.05) is 12.1 Å². The lowest BCUT2D eigenvalue weighted by atomic mass is 10.1. The highest BCUT2D eigenvalue weighted by Gasteiger charge is 2.19. The van der Waals surface area contributed by atoms with E-state index in [0.717, 1.165) is 5.56 Å². The van der Waals surface area contributed by atoms with Crippen molar-refractivity contribution in [2.75, 3.05) is 5.43 Å². The van der Waals surface area contributed by atoms with Crippen LogP contribution in [0.4, 0.5) is 9.52 Å². The number of aromatic nitrogens is 3. The number of carbonyl (C=O) groups is 1. The molecular formula is C21H14FN5OS. The van der Waals surface area contributed by atoms with E-state index in [1.807, 2.05) is 5.38 Å². The quantitative estimate of drug-likeness (QED) is 0.292. The van der Waals surface area contributed by atoms with E-state index in [4.69, 9.17) is 0 Å². The van der Waals surface area contributed by atoms with Gasteiger partial charge in [-0.3, -0.25) is 20.2 Å². The minimum absolute atomic E-state index is 0.128. The molecule has 3 heterocycles. The molecule has 142 valence electrons. The summed E-state index contributed by atoms with van der Waals surface area (Å²) >= 11 is 1.32. The van der Waals surface area contributed by atoms with E-state index in [-0.39, 0.29) is 23.0 Å². The zero-order valence-corrected chi connectivity index (χ0v) is 15.8. The number of benzene rings is 1. The van der Waals surface area contributed by atoms with Crippen LogP contribution in [-0.4, -0.2) is 26.4 Å². The van der Waals surface area contributed by atoms with Crippen LogP contribution in [0.5, 0.6) is 0 Å². The van der Waals surface area contributed by atoms with Crippen molar-refractivity contribution in [3.8, 4) is 11.3 Å². The summed E-state index contributed by atoms with van der Waals surface area (Å²) in [6, 6.07) is 16.4. The van der Waals surface area contributed by atoms with E-state index in [1.165, 1.54) is 23.5 Å². The van der Waals surface area contributed by atoms with E-state index in [2.05, 4.69) is 25.5 Å². The van der Waals surface area contributed by atoms with Crippen molar-refractivity contribution in [2.45, 2.75) is 0 Å². The van der Waals surface area contributed by atoms with Crippen LogP contribution in [0.25, 0.3) is 11.3 Å². The third kappa shape index (κ3) is 4.39. The molecule has 0 spiro atoms. The Labute approximate surface area is 169 Å². The van der Waals surface area contributed by atoms with Crippen LogP contribution >= 0.6 is 11.3 Å². The fourth-order valence-corrected chi connectivity index (χ4v) is 3.19. The van der Waals surface area contributed by atoms with E-state index in [0.29, 0.717) is 16.5 Å². The number of hydrogen-bond donors (Lipinski definition) is 1. The highest BCUT2D eigenvalue weighted by Crippen LogP contribution is 2.25. The van der Waals surface area contributed by atoms with Gasteiger partial charge in [0.25, 0.3) is 0 Å². The molecule has 0 aliphatic rings. The fourth-order valence-electron chi connectivity index (χ4n) is 2.53. The summed E-state index contributed by atoms with van der Waals surface area (Å²) in [5.74, 6) is -0.660. The number of hydrogen-bond acceptors (Lipinski definition) is 7. The second-order valence-corrected chi connectivity index (χ2v) is 6.73. The topological polar surface area (TPSA) is 80.1 Å².